The van der Waals surface area contributed by atoms with Gasteiger partial charge in [0, 0.05) is 16.5 Å². The predicted molar refractivity (Wildman–Crippen MR) is 116 cm³/mol. The molecule has 1 aromatic heterocycles. The molecule has 1 heteroatoms. The maximum absolute atomic E-state index is 2.40. The lowest BCUT2D eigenvalue weighted by Gasteiger charge is -2.14. The minimum Gasteiger partial charge on any atom is -0.309 e. The van der Waals surface area contributed by atoms with Crippen LogP contribution in [-0.2, 0) is 0 Å². The van der Waals surface area contributed by atoms with Gasteiger partial charge in [-0.2, -0.15) is 0 Å². The second-order valence-corrected chi connectivity index (χ2v) is 7.14. The minimum absolute atomic E-state index is 1.20. The van der Waals surface area contributed by atoms with Gasteiger partial charge in [0.1, 0.15) is 0 Å². The van der Waals surface area contributed by atoms with Crippen LogP contribution in [0.15, 0.2) is 91.0 Å². The van der Waals surface area contributed by atoms with E-state index in [2.05, 4.69) is 109 Å². The molecule has 5 aromatic rings. The fourth-order valence-corrected chi connectivity index (χ4v) is 4.23. The molecular weight excluding hydrogens is 326 g/mol. The van der Waals surface area contributed by atoms with Crippen LogP contribution in [0, 0.1) is 13.8 Å². The Labute approximate surface area is 159 Å². The molecule has 0 fully saturated rings. The van der Waals surface area contributed by atoms with Gasteiger partial charge >= 0.3 is 0 Å². The molecule has 0 aliphatic rings. The molecule has 27 heavy (non-hydrogen) atoms. The Morgan fingerprint density at radius 1 is 0.556 bits per heavy atom. The van der Waals surface area contributed by atoms with Gasteiger partial charge in [0.15, 0.2) is 0 Å². The molecule has 130 valence electrons. The highest BCUT2D eigenvalue weighted by molar-refractivity contribution is 6.11. The summed E-state index contributed by atoms with van der Waals surface area (Å²) >= 11 is 0. The Hall–Kier alpha value is -3.32. The van der Waals surface area contributed by atoms with Gasteiger partial charge in [-0.1, -0.05) is 72.8 Å². The summed E-state index contributed by atoms with van der Waals surface area (Å²) in [6.07, 6.45) is 0. The van der Waals surface area contributed by atoms with Crippen molar-refractivity contribution in [1.29, 1.82) is 0 Å². The molecule has 0 atom stereocenters. The fourth-order valence-electron chi connectivity index (χ4n) is 4.23. The van der Waals surface area contributed by atoms with Gasteiger partial charge in [0.05, 0.1) is 11.0 Å². The zero-order valence-corrected chi connectivity index (χ0v) is 15.6. The lowest BCUT2D eigenvalue weighted by molar-refractivity contribution is 1.17. The zero-order valence-electron chi connectivity index (χ0n) is 15.6. The van der Waals surface area contributed by atoms with Crippen LogP contribution in [0.25, 0.3) is 38.6 Å². The van der Waals surface area contributed by atoms with E-state index in [0.29, 0.717) is 0 Å². The van der Waals surface area contributed by atoms with E-state index >= 15 is 0 Å². The summed E-state index contributed by atoms with van der Waals surface area (Å²) in [5, 5.41) is 2.61. The van der Waals surface area contributed by atoms with E-state index in [1.807, 2.05) is 0 Å². The molecule has 0 bridgehead atoms. The molecule has 0 radical (unpaired) electrons. The van der Waals surface area contributed by atoms with Gasteiger partial charge < -0.3 is 4.57 Å². The molecule has 0 saturated heterocycles. The SMILES string of the molecule is Cc1ccccc1-c1ccc2c3ccccc3n(-c3ccccc3)c2c1C. The summed E-state index contributed by atoms with van der Waals surface area (Å²) in [6, 6.07) is 32.6. The number of nitrogens with zero attached hydrogens (tertiary/aromatic N) is 1. The van der Waals surface area contributed by atoms with Gasteiger partial charge in [-0.3, -0.25) is 0 Å². The summed E-state index contributed by atoms with van der Waals surface area (Å²) < 4.78 is 2.40. The van der Waals surface area contributed by atoms with Crippen molar-refractivity contribution in [3.8, 4) is 16.8 Å². The normalized spacial score (nSPS) is 11.3. The second-order valence-electron chi connectivity index (χ2n) is 7.14. The summed E-state index contributed by atoms with van der Waals surface area (Å²) in [4.78, 5) is 0. The fraction of sp³-hybridized carbons (Fsp3) is 0.0769. The standard InChI is InChI=1S/C26H21N/c1-18-10-6-7-13-21(18)22-16-17-24-23-14-8-9-15-25(23)27(26(24)19(22)2)20-11-4-3-5-12-20/h3-17H,1-2H3. The Kier molecular flexibility index (Phi) is 3.61. The Morgan fingerprint density at radius 3 is 2.07 bits per heavy atom. The molecule has 5 rings (SSSR count). The Bertz CT molecular complexity index is 1280. The molecular formula is C26H21N. The van der Waals surface area contributed by atoms with Crippen LogP contribution in [0.1, 0.15) is 11.1 Å². The number of aromatic nitrogens is 1. The van der Waals surface area contributed by atoms with Crippen LogP contribution in [0.2, 0.25) is 0 Å². The molecule has 0 unspecified atom stereocenters. The van der Waals surface area contributed by atoms with Crippen LogP contribution < -0.4 is 0 Å². The first kappa shape index (κ1) is 15.9. The lowest BCUT2D eigenvalue weighted by Crippen LogP contribution is -1.96. The van der Waals surface area contributed by atoms with Gasteiger partial charge in [0.25, 0.3) is 0 Å². The van der Waals surface area contributed by atoms with Gasteiger partial charge in [-0.15, -0.1) is 0 Å². The van der Waals surface area contributed by atoms with E-state index in [1.54, 1.807) is 0 Å². The van der Waals surface area contributed by atoms with Gasteiger partial charge in [-0.05, 0) is 54.3 Å². The number of hydrogen-bond acceptors (Lipinski definition) is 0. The van der Waals surface area contributed by atoms with E-state index in [1.165, 1.54) is 49.7 Å². The number of para-hydroxylation sites is 2. The molecule has 0 N–H and O–H groups in total. The smallest absolute Gasteiger partial charge is 0.0576 e. The van der Waals surface area contributed by atoms with Gasteiger partial charge in [0.2, 0.25) is 0 Å². The van der Waals surface area contributed by atoms with E-state index in [0.717, 1.165) is 0 Å². The van der Waals surface area contributed by atoms with E-state index in [-0.39, 0.29) is 0 Å². The summed E-state index contributed by atoms with van der Waals surface area (Å²) in [7, 11) is 0. The minimum atomic E-state index is 1.20. The van der Waals surface area contributed by atoms with Crippen molar-refractivity contribution >= 4 is 21.8 Å². The largest absolute Gasteiger partial charge is 0.309 e. The number of aryl methyl sites for hydroxylation is 2. The van der Waals surface area contributed by atoms with Crippen LogP contribution >= 0.6 is 0 Å². The highest BCUT2D eigenvalue weighted by atomic mass is 15.0. The van der Waals surface area contributed by atoms with Crippen molar-refractivity contribution in [2.45, 2.75) is 13.8 Å². The van der Waals surface area contributed by atoms with Crippen LogP contribution in [0.4, 0.5) is 0 Å². The summed E-state index contributed by atoms with van der Waals surface area (Å²) in [6.45, 7) is 4.44. The third-order valence-electron chi connectivity index (χ3n) is 5.54. The molecule has 0 aliphatic heterocycles. The van der Waals surface area contributed by atoms with E-state index < -0.39 is 0 Å². The first-order valence-corrected chi connectivity index (χ1v) is 9.40. The first-order chi connectivity index (χ1) is 13.3. The highest BCUT2D eigenvalue weighted by Crippen LogP contribution is 2.38. The monoisotopic (exact) mass is 347 g/mol. The van der Waals surface area contributed by atoms with Crippen LogP contribution in [0.5, 0.6) is 0 Å². The van der Waals surface area contributed by atoms with E-state index in [4.69, 9.17) is 0 Å². The van der Waals surface area contributed by atoms with Crippen molar-refractivity contribution in [3.63, 3.8) is 0 Å². The third-order valence-corrected chi connectivity index (χ3v) is 5.54. The van der Waals surface area contributed by atoms with Gasteiger partial charge in [-0.25, -0.2) is 0 Å². The molecule has 1 nitrogen and oxygen atoms in total. The predicted octanol–water partition coefficient (Wildman–Crippen LogP) is 7.07. The maximum Gasteiger partial charge on any atom is 0.0576 e. The van der Waals surface area contributed by atoms with Crippen molar-refractivity contribution in [2.75, 3.05) is 0 Å². The molecule has 0 spiro atoms. The molecule has 4 aromatic carbocycles. The molecule has 0 saturated carbocycles. The average molecular weight is 347 g/mol. The quantitative estimate of drug-likeness (QED) is 0.322. The summed E-state index contributed by atoms with van der Waals surface area (Å²) in [5.41, 5.74) is 8.99. The first-order valence-electron chi connectivity index (χ1n) is 9.40. The molecule has 1 heterocycles. The Balaban J connectivity index is 1.94. The van der Waals surface area contributed by atoms with Crippen molar-refractivity contribution < 1.29 is 0 Å². The maximum atomic E-state index is 2.40. The molecule has 0 aliphatic carbocycles. The van der Waals surface area contributed by atoms with Crippen molar-refractivity contribution in [1.82, 2.24) is 4.57 Å². The van der Waals surface area contributed by atoms with E-state index in [9.17, 15) is 0 Å². The van der Waals surface area contributed by atoms with Crippen LogP contribution in [0.3, 0.4) is 0 Å². The zero-order chi connectivity index (χ0) is 18.4. The van der Waals surface area contributed by atoms with Crippen LogP contribution in [-0.4, -0.2) is 4.57 Å². The topological polar surface area (TPSA) is 4.93 Å². The number of fused-ring (bicyclic) bond motifs is 3. The van der Waals surface area contributed by atoms with Crippen molar-refractivity contribution in [3.05, 3.63) is 102 Å². The lowest BCUT2D eigenvalue weighted by atomic mass is 9.95. The highest BCUT2D eigenvalue weighted by Gasteiger charge is 2.16. The Morgan fingerprint density at radius 2 is 1.26 bits per heavy atom. The summed E-state index contributed by atoms with van der Waals surface area (Å²) in [5.74, 6) is 0. The third kappa shape index (κ3) is 2.39. The number of rotatable bonds is 2. The molecule has 0 amide bonds. The number of hydrogen-bond donors (Lipinski definition) is 0. The number of benzene rings is 4. The van der Waals surface area contributed by atoms with Crippen molar-refractivity contribution in [2.24, 2.45) is 0 Å². The average Bonchev–Trinajstić information content (AvgIpc) is 3.05. The second kappa shape index (κ2) is 6.14.